The minimum atomic E-state index is -0.121. The lowest BCUT2D eigenvalue weighted by atomic mass is 10.1. The summed E-state index contributed by atoms with van der Waals surface area (Å²) < 4.78 is 5.01. The van der Waals surface area contributed by atoms with Crippen LogP contribution in [0.15, 0.2) is 54.6 Å². The van der Waals surface area contributed by atoms with Crippen molar-refractivity contribution < 1.29 is 9.53 Å². The summed E-state index contributed by atoms with van der Waals surface area (Å²) in [6.45, 7) is 3.96. The van der Waals surface area contributed by atoms with E-state index in [-0.39, 0.29) is 5.91 Å². The van der Waals surface area contributed by atoms with Crippen molar-refractivity contribution in [3.05, 3.63) is 71.3 Å². The van der Waals surface area contributed by atoms with E-state index in [9.17, 15) is 4.79 Å². The van der Waals surface area contributed by atoms with Gasteiger partial charge in [0.1, 0.15) is 0 Å². The van der Waals surface area contributed by atoms with E-state index in [2.05, 4.69) is 15.5 Å². The second kappa shape index (κ2) is 7.13. The van der Waals surface area contributed by atoms with Gasteiger partial charge < -0.3 is 10.1 Å². The van der Waals surface area contributed by atoms with Crippen molar-refractivity contribution >= 4 is 11.6 Å². The average molecular weight is 333 g/mol. The minimum absolute atomic E-state index is 0.121. The van der Waals surface area contributed by atoms with E-state index in [0.717, 1.165) is 28.1 Å². The first-order valence-corrected chi connectivity index (χ1v) is 7.93. The molecule has 0 aliphatic heterocycles. The molecule has 1 N–H and O–H groups in total. The summed E-state index contributed by atoms with van der Waals surface area (Å²) in [7, 11) is 1.55. The number of carbonyl (C=O) groups excluding carboxylic acids is 1. The zero-order valence-electron chi connectivity index (χ0n) is 14.4. The van der Waals surface area contributed by atoms with Gasteiger partial charge in [-0.2, -0.15) is 0 Å². The number of aromatic nitrogens is 2. The third kappa shape index (κ3) is 4.01. The fraction of sp³-hybridized carbons (Fsp3) is 0.150. The lowest BCUT2D eigenvalue weighted by Gasteiger charge is -2.08. The van der Waals surface area contributed by atoms with E-state index >= 15 is 0 Å². The lowest BCUT2D eigenvalue weighted by molar-refractivity contribution is 0.102. The Morgan fingerprint density at radius 3 is 2.16 bits per heavy atom. The Morgan fingerprint density at radius 2 is 1.60 bits per heavy atom. The molecule has 1 heterocycles. The molecule has 0 saturated carbocycles. The Morgan fingerprint density at radius 1 is 0.920 bits per heavy atom. The van der Waals surface area contributed by atoms with E-state index in [1.807, 2.05) is 62.4 Å². The molecular weight excluding hydrogens is 314 g/mol. The zero-order chi connectivity index (χ0) is 17.8. The maximum absolute atomic E-state index is 12.4. The van der Waals surface area contributed by atoms with Crippen molar-refractivity contribution in [1.82, 2.24) is 10.2 Å². The number of carbonyl (C=O) groups is 1. The van der Waals surface area contributed by atoms with Crippen molar-refractivity contribution in [3.8, 4) is 17.1 Å². The molecule has 0 fully saturated rings. The number of ether oxygens (including phenoxy) is 1. The summed E-state index contributed by atoms with van der Waals surface area (Å²) in [6, 6.07) is 16.9. The van der Waals surface area contributed by atoms with E-state index in [1.165, 1.54) is 0 Å². The molecule has 0 radical (unpaired) electrons. The number of aryl methyl sites for hydroxylation is 2. The highest BCUT2D eigenvalue weighted by atomic mass is 16.5. The Hall–Kier alpha value is -3.21. The normalized spacial score (nSPS) is 10.4. The first-order valence-electron chi connectivity index (χ1n) is 7.93. The molecule has 0 atom stereocenters. The molecule has 3 rings (SSSR count). The monoisotopic (exact) mass is 333 g/mol. The van der Waals surface area contributed by atoms with Gasteiger partial charge in [-0.3, -0.25) is 4.79 Å². The minimum Gasteiger partial charge on any atom is -0.480 e. The van der Waals surface area contributed by atoms with Crippen molar-refractivity contribution in [2.45, 2.75) is 13.8 Å². The van der Waals surface area contributed by atoms with E-state index < -0.39 is 0 Å². The molecule has 5 heteroatoms. The van der Waals surface area contributed by atoms with Crippen LogP contribution in [0.3, 0.4) is 0 Å². The van der Waals surface area contributed by atoms with Crippen LogP contribution >= 0.6 is 0 Å². The summed E-state index contributed by atoms with van der Waals surface area (Å²) in [5.74, 6) is 0.352. The van der Waals surface area contributed by atoms with Gasteiger partial charge in [-0.05, 0) is 44.2 Å². The standard InChI is InChI=1S/C20H19N3O2/c1-13-10-14(2)12-16(11-13)20(24)21-17-6-4-15(5-7-17)18-8-9-19(25-3)23-22-18/h4-12H,1-3H3,(H,21,24). The molecule has 2 aromatic carbocycles. The molecule has 25 heavy (non-hydrogen) atoms. The highest BCUT2D eigenvalue weighted by Gasteiger charge is 2.08. The fourth-order valence-electron chi connectivity index (χ4n) is 2.62. The Balaban J connectivity index is 1.74. The molecule has 0 unspecified atom stereocenters. The molecule has 0 saturated heterocycles. The van der Waals surface area contributed by atoms with Crippen molar-refractivity contribution in [1.29, 1.82) is 0 Å². The van der Waals surface area contributed by atoms with Crippen LogP contribution in [-0.4, -0.2) is 23.2 Å². The van der Waals surface area contributed by atoms with Crippen LogP contribution in [0.1, 0.15) is 21.5 Å². The van der Waals surface area contributed by atoms with Crippen molar-refractivity contribution in [2.75, 3.05) is 12.4 Å². The van der Waals surface area contributed by atoms with Gasteiger partial charge in [0.2, 0.25) is 5.88 Å². The topological polar surface area (TPSA) is 64.1 Å². The van der Waals surface area contributed by atoms with Crippen LogP contribution in [0.4, 0.5) is 5.69 Å². The summed E-state index contributed by atoms with van der Waals surface area (Å²) in [5, 5.41) is 11.0. The number of nitrogens with zero attached hydrogens (tertiary/aromatic N) is 2. The number of anilines is 1. The van der Waals surface area contributed by atoms with Gasteiger partial charge >= 0.3 is 0 Å². The smallest absolute Gasteiger partial charge is 0.255 e. The predicted molar refractivity (Wildman–Crippen MR) is 97.9 cm³/mol. The van der Waals surface area contributed by atoms with Gasteiger partial charge in [0, 0.05) is 22.9 Å². The van der Waals surface area contributed by atoms with Gasteiger partial charge in [-0.25, -0.2) is 0 Å². The number of hydrogen-bond acceptors (Lipinski definition) is 4. The molecule has 1 amide bonds. The third-order valence-corrected chi connectivity index (χ3v) is 3.77. The molecule has 1 aromatic heterocycles. The number of methoxy groups -OCH3 is 1. The molecule has 126 valence electrons. The quantitative estimate of drug-likeness (QED) is 0.783. The summed E-state index contributed by atoms with van der Waals surface area (Å²) in [5.41, 5.74) is 5.18. The predicted octanol–water partition coefficient (Wildman–Crippen LogP) is 4.02. The number of nitrogens with one attached hydrogen (secondary N) is 1. The number of hydrogen-bond donors (Lipinski definition) is 1. The summed E-state index contributed by atoms with van der Waals surface area (Å²) >= 11 is 0. The van der Waals surface area contributed by atoms with Crippen molar-refractivity contribution in [2.24, 2.45) is 0 Å². The molecule has 3 aromatic rings. The maximum atomic E-state index is 12.4. The van der Waals surface area contributed by atoms with Gasteiger partial charge in [0.15, 0.2) is 0 Å². The summed E-state index contributed by atoms with van der Waals surface area (Å²) in [6.07, 6.45) is 0. The maximum Gasteiger partial charge on any atom is 0.255 e. The first kappa shape index (κ1) is 16.6. The number of benzene rings is 2. The Kier molecular flexibility index (Phi) is 4.75. The molecule has 5 nitrogen and oxygen atoms in total. The lowest BCUT2D eigenvalue weighted by Crippen LogP contribution is -2.12. The molecule has 0 bridgehead atoms. The average Bonchev–Trinajstić information content (AvgIpc) is 2.61. The highest BCUT2D eigenvalue weighted by molar-refractivity contribution is 6.04. The Labute approximate surface area is 146 Å². The molecule has 0 spiro atoms. The van der Waals surface area contributed by atoms with Crippen LogP contribution < -0.4 is 10.1 Å². The second-order valence-corrected chi connectivity index (χ2v) is 5.87. The van der Waals surface area contributed by atoms with Crippen LogP contribution in [0, 0.1) is 13.8 Å². The highest BCUT2D eigenvalue weighted by Crippen LogP contribution is 2.21. The number of rotatable bonds is 4. The van der Waals surface area contributed by atoms with E-state index in [4.69, 9.17) is 4.74 Å². The van der Waals surface area contributed by atoms with Crippen LogP contribution in [0.5, 0.6) is 5.88 Å². The van der Waals surface area contributed by atoms with Crippen LogP contribution in [-0.2, 0) is 0 Å². The van der Waals surface area contributed by atoms with Gasteiger partial charge in [0.05, 0.1) is 12.8 Å². The van der Waals surface area contributed by atoms with Crippen molar-refractivity contribution in [3.63, 3.8) is 0 Å². The van der Waals surface area contributed by atoms with Gasteiger partial charge in [0.25, 0.3) is 5.91 Å². The zero-order valence-corrected chi connectivity index (χ0v) is 14.4. The fourth-order valence-corrected chi connectivity index (χ4v) is 2.62. The van der Waals surface area contributed by atoms with Gasteiger partial charge in [-0.1, -0.05) is 29.3 Å². The third-order valence-electron chi connectivity index (χ3n) is 3.77. The van der Waals surface area contributed by atoms with E-state index in [0.29, 0.717) is 11.4 Å². The molecular formula is C20H19N3O2. The summed E-state index contributed by atoms with van der Waals surface area (Å²) in [4.78, 5) is 12.4. The first-order chi connectivity index (χ1) is 12.0. The van der Waals surface area contributed by atoms with Crippen LogP contribution in [0.25, 0.3) is 11.3 Å². The second-order valence-electron chi connectivity index (χ2n) is 5.87. The Bertz CT molecular complexity index is 868. The van der Waals surface area contributed by atoms with Crippen LogP contribution in [0.2, 0.25) is 0 Å². The van der Waals surface area contributed by atoms with Gasteiger partial charge in [-0.15, -0.1) is 10.2 Å². The molecule has 0 aliphatic rings. The number of amides is 1. The van der Waals surface area contributed by atoms with E-state index in [1.54, 1.807) is 13.2 Å². The SMILES string of the molecule is COc1ccc(-c2ccc(NC(=O)c3cc(C)cc(C)c3)cc2)nn1. The molecule has 0 aliphatic carbocycles. The largest absolute Gasteiger partial charge is 0.480 e.